The van der Waals surface area contributed by atoms with Crippen LogP contribution in [0.4, 0.5) is 18.9 Å². The van der Waals surface area contributed by atoms with E-state index in [1.807, 2.05) is 0 Å². The molecule has 1 heterocycles. The monoisotopic (exact) mass is 437 g/mol. The molecule has 0 atom stereocenters. The summed E-state index contributed by atoms with van der Waals surface area (Å²) in [4.78, 5) is 24.5. The first-order chi connectivity index (χ1) is 15.1. The molecule has 5 nitrogen and oxygen atoms in total. The number of carbonyl (C=O) groups is 2. The fourth-order valence-corrected chi connectivity index (χ4v) is 3.63. The number of amides is 2. The van der Waals surface area contributed by atoms with Gasteiger partial charge in [-0.05, 0) is 53.6 Å². The van der Waals surface area contributed by atoms with Gasteiger partial charge in [-0.25, -0.2) is 0 Å². The normalized spacial score (nSPS) is 11.5. The van der Waals surface area contributed by atoms with Crippen LogP contribution in [0.2, 0.25) is 0 Å². The van der Waals surface area contributed by atoms with E-state index < -0.39 is 23.6 Å². The zero-order valence-electron chi connectivity index (χ0n) is 16.9. The largest absolute Gasteiger partial charge is 0.416 e. The SMILES string of the molecule is Cn1c(C(N)=O)cc2cc(NC(=O)c3ccccc3-c3ccc(C(F)(F)F)cc3)ccc21. The number of hydrogen-bond donors (Lipinski definition) is 2. The highest BCUT2D eigenvalue weighted by Crippen LogP contribution is 2.32. The third-order valence-corrected chi connectivity index (χ3v) is 5.25. The number of anilines is 1. The lowest BCUT2D eigenvalue weighted by Gasteiger charge is -2.12. The molecule has 0 aliphatic carbocycles. The second-order valence-corrected chi connectivity index (χ2v) is 7.30. The van der Waals surface area contributed by atoms with E-state index in [1.165, 1.54) is 12.1 Å². The third-order valence-electron chi connectivity index (χ3n) is 5.25. The van der Waals surface area contributed by atoms with Crippen molar-refractivity contribution in [2.24, 2.45) is 12.8 Å². The summed E-state index contributed by atoms with van der Waals surface area (Å²) < 4.78 is 40.3. The smallest absolute Gasteiger partial charge is 0.364 e. The molecule has 0 unspecified atom stereocenters. The Kier molecular flexibility index (Phi) is 5.22. The van der Waals surface area contributed by atoms with Gasteiger partial charge in [-0.1, -0.05) is 30.3 Å². The Balaban J connectivity index is 1.64. The number of nitrogens with two attached hydrogens (primary N) is 1. The summed E-state index contributed by atoms with van der Waals surface area (Å²) in [6.07, 6.45) is -4.43. The van der Waals surface area contributed by atoms with Crippen molar-refractivity contribution in [3.63, 3.8) is 0 Å². The van der Waals surface area contributed by atoms with Crippen LogP contribution in [0.5, 0.6) is 0 Å². The molecule has 3 aromatic carbocycles. The van der Waals surface area contributed by atoms with Gasteiger partial charge in [-0.15, -0.1) is 0 Å². The maximum atomic E-state index is 13.0. The quantitative estimate of drug-likeness (QED) is 0.460. The number of hydrogen-bond acceptors (Lipinski definition) is 2. The van der Waals surface area contributed by atoms with Gasteiger partial charge in [0.05, 0.1) is 5.56 Å². The predicted octanol–water partition coefficient (Wildman–Crippen LogP) is 5.22. The van der Waals surface area contributed by atoms with Gasteiger partial charge in [0.1, 0.15) is 5.69 Å². The molecule has 0 saturated carbocycles. The van der Waals surface area contributed by atoms with Crippen molar-refractivity contribution < 1.29 is 22.8 Å². The molecule has 0 bridgehead atoms. The van der Waals surface area contributed by atoms with Gasteiger partial charge in [0.25, 0.3) is 11.8 Å². The highest BCUT2D eigenvalue weighted by Gasteiger charge is 2.30. The van der Waals surface area contributed by atoms with E-state index >= 15 is 0 Å². The van der Waals surface area contributed by atoms with E-state index in [9.17, 15) is 22.8 Å². The third kappa shape index (κ3) is 3.94. The molecule has 0 spiro atoms. The summed E-state index contributed by atoms with van der Waals surface area (Å²) in [5.41, 5.74) is 7.58. The summed E-state index contributed by atoms with van der Waals surface area (Å²) in [7, 11) is 1.72. The van der Waals surface area contributed by atoms with Crippen LogP contribution in [0.3, 0.4) is 0 Å². The molecule has 0 aliphatic heterocycles. The number of carbonyl (C=O) groups excluding carboxylic acids is 2. The minimum absolute atomic E-state index is 0.318. The lowest BCUT2D eigenvalue weighted by atomic mass is 9.98. The van der Waals surface area contributed by atoms with Gasteiger partial charge in [-0.2, -0.15) is 13.2 Å². The number of aryl methyl sites for hydroxylation is 1. The molecule has 0 radical (unpaired) electrons. The number of nitrogens with one attached hydrogen (secondary N) is 1. The minimum Gasteiger partial charge on any atom is -0.364 e. The Bertz CT molecular complexity index is 1340. The van der Waals surface area contributed by atoms with E-state index in [1.54, 1.807) is 60.1 Å². The number of primary amides is 1. The van der Waals surface area contributed by atoms with Gasteiger partial charge >= 0.3 is 6.18 Å². The molecule has 32 heavy (non-hydrogen) atoms. The lowest BCUT2D eigenvalue weighted by molar-refractivity contribution is -0.137. The molecule has 0 fully saturated rings. The number of aromatic nitrogens is 1. The zero-order chi connectivity index (χ0) is 23.0. The summed E-state index contributed by atoms with van der Waals surface area (Å²) >= 11 is 0. The van der Waals surface area contributed by atoms with E-state index in [0.29, 0.717) is 28.1 Å². The van der Waals surface area contributed by atoms with Crippen molar-refractivity contribution in [1.82, 2.24) is 4.57 Å². The number of rotatable bonds is 4. The average Bonchev–Trinajstić information content (AvgIpc) is 3.09. The molecule has 8 heteroatoms. The fourth-order valence-electron chi connectivity index (χ4n) is 3.63. The van der Waals surface area contributed by atoms with Crippen molar-refractivity contribution in [2.75, 3.05) is 5.32 Å². The topological polar surface area (TPSA) is 77.1 Å². The second-order valence-electron chi connectivity index (χ2n) is 7.30. The van der Waals surface area contributed by atoms with E-state index in [2.05, 4.69) is 5.32 Å². The second kappa shape index (κ2) is 7.88. The maximum Gasteiger partial charge on any atom is 0.416 e. The minimum atomic E-state index is -4.43. The molecule has 3 N–H and O–H groups in total. The lowest BCUT2D eigenvalue weighted by Crippen LogP contribution is -2.14. The Morgan fingerprint density at radius 2 is 1.62 bits per heavy atom. The highest BCUT2D eigenvalue weighted by molar-refractivity contribution is 6.09. The molecular formula is C24H18F3N3O2. The average molecular weight is 437 g/mol. The summed E-state index contributed by atoms with van der Waals surface area (Å²) in [6, 6.07) is 18.2. The van der Waals surface area contributed by atoms with Gasteiger partial charge in [0.15, 0.2) is 0 Å². The van der Waals surface area contributed by atoms with Crippen LogP contribution >= 0.6 is 0 Å². The van der Waals surface area contributed by atoms with Crippen LogP contribution < -0.4 is 11.1 Å². The van der Waals surface area contributed by atoms with Crippen LogP contribution in [0, 0.1) is 0 Å². The molecule has 1 aromatic heterocycles. The molecule has 0 aliphatic rings. The first kappa shape index (κ1) is 21.2. The first-order valence-electron chi connectivity index (χ1n) is 9.62. The number of nitrogens with zero attached hydrogens (tertiary/aromatic N) is 1. The highest BCUT2D eigenvalue weighted by atomic mass is 19.4. The van der Waals surface area contributed by atoms with Crippen molar-refractivity contribution >= 4 is 28.4 Å². The van der Waals surface area contributed by atoms with Gasteiger partial charge in [0.2, 0.25) is 0 Å². The van der Waals surface area contributed by atoms with Gasteiger partial charge in [-0.3, -0.25) is 9.59 Å². The molecular weight excluding hydrogens is 419 g/mol. The van der Waals surface area contributed by atoms with Gasteiger partial charge in [0, 0.05) is 29.2 Å². The molecule has 0 saturated heterocycles. The standard InChI is InChI=1S/C24H18F3N3O2/c1-30-20-11-10-17(12-15(20)13-21(30)22(28)31)29-23(32)19-5-3-2-4-18(19)14-6-8-16(9-7-14)24(25,26)27/h2-13H,1H3,(H2,28,31)(H,29,32). The Morgan fingerprint density at radius 3 is 2.28 bits per heavy atom. The van der Waals surface area contributed by atoms with E-state index in [-0.39, 0.29) is 0 Å². The summed E-state index contributed by atoms with van der Waals surface area (Å²) in [5.74, 6) is -0.967. The molecule has 2 amide bonds. The van der Waals surface area contributed by atoms with Crippen molar-refractivity contribution in [3.8, 4) is 11.1 Å². The van der Waals surface area contributed by atoms with E-state index in [4.69, 9.17) is 5.73 Å². The fraction of sp³-hybridized carbons (Fsp3) is 0.0833. The molecule has 162 valence electrons. The zero-order valence-corrected chi connectivity index (χ0v) is 16.9. The van der Waals surface area contributed by atoms with Crippen LogP contribution in [0.15, 0.2) is 72.8 Å². The number of halogens is 3. The predicted molar refractivity (Wildman–Crippen MR) is 116 cm³/mol. The number of benzene rings is 3. The van der Waals surface area contributed by atoms with Crippen LogP contribution in [-0.2, 0) is 13.2 Å². The van der Waals surface area contributed by atoms with Crippen LogP contribution in [-0.4, -0.2) is 16.4 Å². The van der Waals surface area contributed by atoms with Crippen LogP contribution in [0.25, 0.3) is 22.0 Å². The van der Waals surface area contributed by atoms with Crippen molar-refractivity contribution in [2.45, 2.75) is 6.18 Å². The Hall–Kier alpha value is -4.07. The molecule has 4 aromatic rings. The number of alkyl halides is 3. The Labute approximate surface area is 181 Å². The van der Waals surface area contributed by atoms with Crippen LogP contribution in [0.1, 0.15) is 26.4 Å². The summed E-state index contributed by atoms with van der Waals surface area (Å²) in [5, 5.41) is 3.54. The summed E-state index contributed by atoms with van der Waals surface area (Å²) in [6.45, 7) is 0. The number of fused-ring (bicyclic) bond motifs is 1. The maximum absolute atomic E-state index is 13.0. The first-order valence-corrected chi connectivity index (χ1v) is 9.62. The van der Waals surface area contributed by atoms with Crippen molar-refractivity contribution in [1.29, 1.82) is 0 Å². The van der Waals surface area contributed by atoms with Gasteiger partial charge < -0.3 is 15.6 Å². The van der Waals surface area contributed by atoms with E-state index in [0.717, 1.165) is 23.0 Å². The Morgan fingerprint density at radius 1 is 0.938 bits per heavy atom. The van der Waals surface area contributed by atoms with Crippen molar-refractivity contribution in [3.05, 3.63) is 89.6 Å². The molecule has 4 rings (SSSR count).